The summed E-state index contributed by atoms with van der Waals surface area (Å²) in [5, 5.41) is 8.42. The molecule has 0 unspecified atom stereocenters. The molecule has 0 aromatic carbocycles. The Morgan fingerprint density at radius 2 is 2.32 bits per heavy atom. The van der Waals surface area contributed by atoms with Crippen LogP contribution in [0.4, 0.5) is 0 Å². The molecule has 7 heteroatoms. The van der Waals surface area contributed by atoms with Crippen LogP contribution in [0.1, 0.15) is 61.4 Å². The Morgan fingerprint density at radius 3 is 2.91 bits per heavy atom. The van der Waals surface area contributed by atoms with Gasteiger partial charge in [-0.1, -0.05) is 13.8 Å². The number of aromatic nitrogens is 4. The Kier molecular flexibility index (Phi) is 2.85. The highest BCUT2D eigenvalue weighted by Crippen LogP contribution is 2.56. The van der Waals surface area contributed by atoms with Gasteiger partial charge in [-0.15, -0.1) is 10.2 Å². The Labute approximate surface area is 128 Å². The van der Waals surface area contributed by atoms with Crippen molar-refractivity contribution in [2.75, 3.05) is 6.54 Å². The maximum atomic E-state index is 12.8. The van der Waals surface area contributed by atoms with Crippen LogP contribution in [0.25, 0.3) is 0 Å². The largest absolute Gasteiger partial charge is 0.422 e. The van der Waals surface area contributed by atoms with Gasteiger partial charge in [0.2, 0.25) is 11.8 Å². The first-order valence-corrected chi connectivity index (χ1v) is 7.78. The second-order valence-electron chi connectivity index (χ2n) is 6.44. The Morgan fingerprint density at radius 1 is 1.45 bits per heavy atom. The van der Waals surface area contributed by atoms with Gasteiger partial charge in [0.15, 0.2) is 5.82 Å². The maximum Gasteiger partial charge on any atom is 0.290 e. The number of hydrogen-bond donors (Lipinski definition) is 1. The molecular weight excluding hydrogens is 282 g/mol. The third-order valence-electron chi connectivity index (χ3n) is 4.98. The highest BCUT2D eigenvalue weighted by atomic mass is 16.4. The van der Waals surface area contributed by atoms with Crippen molar-refractivity contribution in [3.63, 3.8) is 0 Å². The molecular formula is C15H19N5O2. The maximum absolute atomic E-state index is 12.8. The Hall–Kier alpha value is -2.18. The number of carbonyl (C=O) groups is 1. The van der Waals surface area contributed by atoms with E-state index in [0.717, 1.165) is 19.3 Å². The minimum Gasteiger partial charge on any atom is -0.422 e. The summed E-state index contributed by atoms with van der Waals surface area (Å²) in [5.74, 6) is 2.10. The number of nitrogens with one attached hydrogen (secondary N) is 1. The van der Waals surface area contributed by atoms with Crippen molar-refractivity contribution in [3.8, 4) is 0 Å². The topological polar surface area (TPSA) is 87.9 Å². The van der Waals surface area contributed by atoms with Gasteiger partial charge in [0.1, 0.15) is 5.54 Å². The average Bonchev–Trinajstić information content (AvgIpc) is 3.18. The van der Waals surface area contributed by atoms with E-state index in [4.69, 9.17) is 4.42 Å². The highest BCUT2D eigenvalue weighted by Gasteiger charge is 2.61. The number of H-pyrrole nitrogens is 1. The molecule has 1 aliphatic heterocycles. The fraction of sp³-hybridized carbons (Fsp3) is 0.600. The van der Waals surface area contributed by atoms with Gasteiger partial charge >= 0.3 is 0 Å². The Bertz CT molecular complexity index is 693. The predicted molar refractivity (Wildman–Crippen MR) is 77.0 cm³/mol. The van der Waals surface area contributed by atoms with E-state index < -0.39 is 5.54 Å². The fourth-order valence-corrected chi connectivity index (χ4v) is 3.68. The van der Waals surface area contributed by atoms with Crippen molar-refractivity contribution in [3.05, 3.63) is 30.0 Å². The SMILES string of the molecule is CC(C)c1nnc([C@]23CC[C@H]2CCN3C(=O)c2ncc[nH]2)o1. The number of amides is 1. The number of rotatable bonds is 3. The van der Waals surface area contributed by atoms with Gasteiger partial charge in [-0.2, -0.15) is 0 Å². The van der Waals surface area contributed by atoms with Crippen molar-refractivity contribution in [2.45, 2.75) is 44.6 Å². The van der Waals surface area contributed by atoms with Crippen LogP contribution in [0.5, 0.6) is 0 Å². The van der Waals surface area contributed by atoms with Gasteiger partial charge in [-0.05, 0) is 25.2 Å². The Balaban J connectivity index is 1.72. The van der Waals surface area contributed by atoms with E-state index in [2.05, 4.69) is 20.2 Å². The van der Waals surface area contributed by atoms with Gasteiger partial charge in [0.05, 0.1) is 0 Å². The van der Waals surface area contributed by atoms with Gasteiger partial charge in [0.25, 0.3) is 5.91 Å². The van der Waals surface area contributed by atoms with E-state index in [1.54, 1.807) is 12.4 Å². The fourth-order valence-electron chi connectivity index (χ4n) is 3.68. The smallest absolute Gasteiger partial charge is 0.290 e. The molecule has 4 rings (SSSR count). The zero-order chi connectivity index (χ0) is 15.3. The number of nitrogens with zero attached hydrogens (tertiary/aromatic N) is 4. The molecule has 22 heavy (non-hydrogen) atoms. The molecule has 0 spiro atoms. The van der Waals surface area contributed by atoms with Crippen LogP contribution in [0, 0.1) is 5.92 Å². The summed E-state index contributed by atoms with van der Waals surface area (Å²) >= 11 is 0. The molecule has 7 nitrogen and oxygen atoms in total. The molecule has 1 amide bonds. The van der Waals surface area contributed by atoms with Crippen molar-refractivity contribution in [1.82, 2.24) is 25.1 Å². The van der Waals surface area contributed by atoms with Crippen LogP contribution < -0.4 is 0 Å². The van der Waals surface area contributed by atoms with Crippen LogP contribution in [0.15, 0.2) is 16.8 Å². The first-order valence-electron chi connectivity index (χ1n) is 7.78. The van der Waals surface area contributed by atoms with E-state index in [1.807, 2.05) is 18.7 Å². The van der Waals surface area contributed by atoms with Crippen molar-refractivity contribution in [1.29, 1.82) is 0 Å². The summed E-state index contributed by atoms with van der Waals surface area (Å²) in [6.45, 7) is 4.75. The third-order valence-corrected chi connectivity index (χ3v) is 4.98. The lowest BCUT2D eigenvalue weighted by molar-refractivity contribution is -0.00441. The van der Waals surface area contributed by atoms with Crippen LogP contribution in [0.2, 0.25) is 0 Å². The zero-order valence-corrected chi connectivity index (χ0v) is 12.7. The van der Waals surface area contributed by atoms with E-state index in [1.165, 1.54) is 0 Å². The molecule has 1 aliphatic carbocycles. The van der Waals surface area contributed by atoms with E-state index in [0.29, 0.717) is 30.1 Å². The van der Waals surface area contributed by atoms with Gasteiger partial charge < -0.3 is 14.3 Å². The molecule has 2 aromatic rings. The van der Waals surface area contributed by atoms with E-state index in [-0.39, 0.29) is 11.8 Å². The van der Waals surface area contributed by atoms with Crippen LogP contribution in [-0.2, 0) is 5.54 Å². The second-order valence-corrected chi connectivity index (χ2v) is 6.44. The summed E-state index contributed by atoms with van der Waals surface area (Å²) in [7, 11) is 0. The number of aromatic amines is 1. The zero-order valence-electron chi connectivity index (χ0n) is 12.7. The first-order chi connectivity index (χ1) is 10.6. The quantitative estimate of drug-likeness (QED) is 0.937. The molecule has 2 fully saturated rings. The standard InChI is InChI=1S/C15H19N5O2/c1-9(2)12-18-19-14(22-12)15-5-3-10(15)4-8-20(15)13(21)11-16-6-7-17-11/h6-7,9-10H,3-5,8H2,1-2H3,(H,16,17)/t10-,15-/m0/s1. The third kappa shape index (κ3) is 1.68. The van der Waals surface area contributed by atoms with Crippen LogP contribution in [0.3, 0.4) is 0 Å². The molecule has 3 heterocycles. The number of hydrogen-bond acceptors (Lipinski definition) is 5. The lowest BCUT2D eigenvalue weighted by atomic mass is 9.67. The minimum atomic E-state index is -0.427. The molecule has 2 aliphatic rings. The number of fused-ring (bicyclic) bond motifs is 1. The highest BCUT2D eigenvalue weighted by molar-refractivity contribution is 5.91. The van der Waals surface area contributed by atoms with Crippen molar-refractivity contribution < 1.29 is 9.21 Å². The predicted octanol–water partition coefficient (Wildman–Crippen LogP) is 2.07. The second kappa shape index (κ2) is 4.66. The molecule has 1 N–H and O–H groups in total. The summed E-state index contributed by atoms with van der Waals surface area (Å²) in [5.41, 5.74) is -0.427. The number of imidazole rings is 1. The molecule has 2 aromatic heterocycles. The van der Waals surface area contributed by atoms with E-state index >= 15 is 0 Å². The monoisotopic (exact) mass is 301 g/mol. The van der Waals surface area contributed by atoms with Crippen molar-refractivity contribution >= 4 is 5.91 Å². The number of carbonyl (C=O) groups excluding carboxylic acids is 1. The summed E-state index contributed by atoms with van der Waals surface area (Å²) < 4.78 is 5.90. The van der Waals surface area contributed by atoms with Crippen LogP contribution in [-0.4, -0.2) is 37.5 Å². The van der Waals surface area contributed by atoms with Crippen molar-refractivity contribution in [2.24, 2.45) is 5.92 Å². The van der Waals surface area contributed by atoms with E-state index in [9.17, 15) is 4.79 Å². The van der Waals surface area contributed by atoms with Crippen LogP contribution >= 0.6 is 0 Å². The molecule has 1 saturated carbocycles. The summed E-state index contributed by atoms with van der Waals surface area (Å²) in [4.78, 5) is 21.6. The summed E-state index contributed by atoms with van der Waals surface area (Å²) in [6.07, 6.45) is 6.21. The molecule has 2 atom stereocenters. The number of likely N-dealkylation sites (tertiary alicyclic amines) is 1. The first kappa shape index (κ1) is 13.5. The molecule has 116 valence electrons. The van der Waals surface area contributed by atoms with Gasteiger partial charge in [-0.25, -0.2) is 4.98 Å². The van der Waals surface area contributed by atoms with Gasteiger partial charge in [0, 0.05) is 24.9 Å². The lowest BCUT2D eigenvalue weighted by Gasteiger charge is -2.46. The molecule has 1 saturated heterocycles. The average molecular weight is 301 g/mol. The minimum absolute atomic E-state index is 0.0866. The molecule has 0 radical (unpaired) electrons. The summed E-state index contributed by atoms with van der Waals surface area (Å²) in [6, 6.07) is 0. The van der Waals surface area contributed by atoms with Gasteiger partial charge in [-0.3, -0.25) is 4.79 Å². The lowest BCUT2D eigenvalue weighted by Crippen LogP contribution is -2.54. The normalized spacial score (nSPS) is 27.0. The molecule has 0 bridgehead atoms.